The van der Waals surface area contributed by atoms with Gasteiger partial charge in [0, 0.05) is 12.6 Å². The van der Waals surface area contributed by atoms with Gasteiger partial charge in [0.25, 0.3) is 0 Å². The van der Waals surface area contributed by atoms with Crippen LogP contribution in [0.25, 0.3) is 0 Å². The van der Waals surface area contributed by atoms with Crippen LogP contribution in [0.15, 0.2) is 28.4 Å². The van der Waals surface area contributed by atoms with Gasteiger partial charge in [-0.15, -0.1) is 0 Å². The molecule has 0 aromatic rings. The second kappa shape index (κ2) is 7.73. The summed E-state index contributed by atoms with van der Waals surface area (Å²) in [6.45, 7) is 0. The van der Waals surface area contributed by atoms with Gasteiger partial charge in [-0.25, -0.2) is 14.4 Å². The van der Waals surface area contributed by atoms with Gasteiger partial charge in [-0.2, -0.15) is 0 Å². The first kappa shape index (κ1) is 17.9. The van der Waals surface area contributed by atoms with Gasteiger partial charge in [-0.1, -0.05) is 0 Å². The average Bonchev–Trinajstić information content (AvgIpc) is 2.45. The molecular formula is C13H14N2O8. The molecule has 1 aliphatic heterocycles. The highest BCUT2D eigenvalue weighted by atomic mass is 16.4. The normalized spacial score (nSPS) is 20.6. The Kier molecular flexibility index (Phi) is 6.01. The molecule has 2 atom stereocenters. The van der Waals surface area contributed by atoms with Crippen LogP contribution >= 0.6 is 0 Å². The van der Waals surface area contributed by atoms with Crippen molar-refractivity contribution in [2.24, 2.45) is 4.99 Å². The van der Waals surface area contributed by atoms with Crippen molar-refractivity contribution in [3.8, 4) is 0 Å². The standard InChI is InChI=1S/C13H14N2O8/c16-10(17)5-7(11(18)19)14-2-1-6-3-8(12(20)21)15-9(4-6)13(22)23/h1-3,7,9,15H,4-5H2,(H,16,17)(H,18,19)(H,20,21)(H,22,23)/b6-1+,14-2?. The number of carboxylic acids is 4. The Balaban J connectivity index is 2.95. The summed E-state index contributed by atoms with van der Waals surface area (Å²) in [6, 6.07) is -2.62. The fraction of sp³-hybridized carbons (Fsp3) is 0.308. The van der Waals surface area contributed by atoms with E-state index in [2.05, 4.69) is 10.3 Å². The molecule has 2 unspecified atom stereocenters. The molecule has 23 heavy (non-hydrogen) atoms. The Hall–Kier alpha value is -3.17. The molecule has 0 bridgehead atoms. The smallest absolute Gasteiger partial charge is 0.351 e. The summed E-state index contributed by atoms with van der Waals surface area (Å²) in [4.78, 5) is 46.8. The Bertz CT molecular complexity index is 619. The number of aliphatic carboxylic acids is 4. The first-order valence-corrected chi connectivity index (χ1v) is 6.32. The maximum absolute atomic E-state index is 11.0. The van der Waals surface area contributed by atoms with Crippen LogP contribution in [0.1, 0.15) is 12.8 Å². The van der Waals surface area contributed by atoms with Gasteiger partial charge < -0.3 is 25.7 Å². The summed E-state index contributed by atoms with van der Waals surface area (Å²) in [7, 11) is 0. The van der Waals surface area contributed by atoms with Crippen molar-refractivity contribution in [2.45, 2.75) is 24.9 Å². The van der Waals surface area contributed by atoms with E-state index < -0.39 is 42.4 Å². The largest absolute Gasteiger partial charge is 0.481 e. The zero-order valence-corrected chi connectivity index (χ0v) is 11.7. The molecular weight excluding hydrogens is 312 g/mol. The number of hydrogen-bond acceptors (Lipinski definition) is 6. The van der Waals surface area contributed by atoms with E-state index in [1.807, 2.05) is 0 Å². The highest BCUT2D eigenvalue weighted by molar-refractivity contribution is 5.90. The molecule has 0 aromatic carbocycles. The van der Waals surface area contributed by atoms with Crippen molar-refractivity contribution < 1.29 is 39.6 Å². The molecule has 1 heterocycles. The predicted octanol–water partition coefficient (Wildman–Crippen LogP) is -0.673. The molecule has 0 saturated carbocycles. The molecule has 124 valence electrons. The molecule has 5 N–H and O–H groups in total. The lowest BCUT2D eigenvalue weighted by Gasteiger charge is -2.21. The lowest BCUT2D eigenvalue weighted by atomic mass is 10.00. The lowest BCUT2D eigenvalue weighted by molar-refractivity contribution is -0.144. The summed E-state index contributed by atoms with van der Waals surface area (Å²) in [5, 5.41) is 37.6. The van der Waals surface area contributed by atoms with Gasteiger partial charge in [-0.3, -0.25) is 9.79 Å². The summed E-state index contributed by atoms with van der Waals surface area (Å²) in [6.07, 6.45) is 2.73. The third kappa shape index (κ3) is 5.61. The van der Waals surface area contributed by atoms with E-state index >= 15 is 0 Å². The molecule has 0 spiro atoms. The number of carboxylic acid groups (broad SMARTS) is 4. The van der Waals surface area contributed by atoms with Gasteiger partial charge >= 0.3 is 23.9 Å². The number of allylic oxidation sites excluding steroid dienone is 2. The van der Waals surface area contributed by atoms with E-state index in [0.717, 1.165) is 6.21 Å². The minimum Gasteiger partial charge on any atom is -0.481 e. The number of nitrogens with one attached hydrogen (secondary N) is 1. The maximum atomic E-state index is 11.0. The van der Waals surface area contributed by atoms with Crippen LogP contribution in [0.2, 0.25) is 0 Å². The van der Waals surface area contributed by atoms with Crippen LogP contribution < -0.4 is 5.32 Å². The number of aliphatic imine (C=N–C) groups is 1. The van der Waals surface area contributed by atoms with Gasteiger partial charge in [0.1, 0.15) is 11.7 Å². The third-order valence-electron chi connectivity index (χ3n) is 2.84. The number of rotatable bonds is 7. The van der Waals surface area contributed by atoms with Gasteiger partial charge in [0.2, 0.25) is 0 Å². The molecule has 0 amide bonds. The summed E-state index contributed by atoms with van der Waals surface area (Å²) >= 11 is 0. The van der Waals surface area contributed by atoms with Gasteiger partial charge in [0.05, 0.1) is 6.42 Å². The van der Waals surface area contributed by atoms with Crippen molar-refractivity contribution in [3.63, 3.8) is 0 Å². The zero-order chi connectivity index (χ0) is 17.6. The van der Waals surface area contributed by atoms with E-state index in [1.165, 1.54) is 12.2 Å². The van der Waals surface area contributed by atoms with E-state index in [1.54, 1.807) is 0 Å². The van der Waals surface area contributed by atoms with Crippen molar-refractivity contribution >= 4 is 30.1 Å². The monoisotopic (exact) mass is 326 g/mol. The topological polar surface area (TPSA) is 174 Å². The molecule has 0 saturated heterocycles. The van der Waals surface area contributed by atoms with Crippen molar-refractivity contribution in [3.05, 3.63) is 23.4 Å². The first-order chi connectivity index (χ1) is 10.7. The third-order valence-corrected chi connectivity index (χ3v) is 2.84. The average molecular weight is 326 g/mol. The highest BCUT2D eigenvalue weighted by Crippen LogP contribution is 2.16. The molecule has 10 nitrogen and oxygen atoms in total. The van der Waals surface area contributed by atoms with Crippen LogP contribution in [0, 0.1) is 0 Å². The quantitative estimate of drug-likeness (QED) is 0.380. The molecule has 1 aliphatic rings. The molecule has 10 heteroatoms. The second-order valence-corrected chi connectivity index (χ2v) is 4.59. The van der Waals surface area contributed by atoms with E-state index in [9.17, 15) is 19.2 Å². The van der Waals surface area contributed by atoms with Crippen molar-refractivity contribution in [2.75, 3.05) is 0 Å². The van der Waals surface area contributed by atoms with Crippen LogP contribution in [0.5, 0.6) is 0 Å². The number of carbonyl (C=O) groups is 4. The Morgan fingerprint density at radius 3 is 2.39 bits per heavy atom. The van der Waals surface area contributed by atoms with E-state index in [4.69, 9.17) is 20.4 Å². The zero-order valence-electron chi connectivity index (χ0n) is 11.7. The van der Waals surface area contributed by atoms with Crippen molar-refractivity contribution in [1.29, 1.82) is 0 Å². The maximum Gasteiger partial charge on any atom is 0.351 e. The van der Waals surface area contributed by atoms with E-state index in [-0.39, 0.29) is 12.1 Å². The molecule has 0 radical (unpaired) electrons. The van der Waals surface area contributed by atoms with Crippen LogP contribution in [-0.4, -0.2) is 62.6 Å². The van der Waals surface area contributed by atoms with Gasteiger partial charge in [0.15, 0.2) is 6.04 Å². The van der Waals surface area contributed by atoms with E-state index in [0.29, 0.717) is 5.57 Å². The fourth-order valence-corrected chi connectivity index (χ4v) is 1.76. The minimum absolute atomic E-state index is 0.0329. The Morgan fingerprint density at radius 2 is 1.91 bits per heavy atom. The molecule has 1 rings (SSSR count). The summed E-state index contributed by atoms with van der Waals surface area (Å²) < 4.78 is 0. The van der Waals surface area contributed by atoms with Crippen molar-refractivity contribution in [1.82, 2.24) is 5.32 Å². The van der Waals surface area contributed by atoms with Crippen LogP contribution in [0.4, 0.5) is 0 Å². The predicted molar refractivity (Wildman–Crippen MR) is 75.1 cm³/mol. The number of hydrogen-bond donors (Lipinski definition) is 5. The van der Waals surface area contributed by atoms with Crippen LogP contribution in [-0.2, 0) is 19.2 Å². The Labute approximate surface area is 129 Å². The SMILES string of the molecule is O=C(O)CC(N=C/C=C1\C=C(C(=O)O)NC(C(=O)O)C1)C(=O)O. The Morgan fingerprint density at radius 1 is 1.26 bits per heavy atom. The molecule has 0 aliphatic carbocycles. The summed E-state index contributed by atoms with van der Waals surface area (Å²) in [5.41, 5.74) is -0.0135. The molecule has 0 fully saturated rings. The minimum atomic E-state index is -1.48. The summed E-state index contributed by atoms with van der Waals surface area (Å²) in [5.74, 6) is -5.33. The van der Waals surface area contributed by atoms with Crippen LogP contribution in [0.3, 0.4) is 0 Å². The van der Waals surface area contributed by atoms with Gasteiger partial charge in [-0.05, 0) is 17.7 Å². The second-order valence-electron chi connectivity index (χ2n) is 4.59. The molecule has 0 aromatic heterocycles. The highest BCUT2D eigenvalue weighted by Gasteiger charge is 2.26. The number of nitrogens with zero attached hydrogens (tertiary/aromatic N) is 1. The lowest BCUT2D eigenvalue weighted by Crippen LogP contribution is -2.41. The fourth-order valence-electron chi connectivity index (χ4n) is 1.76. The first-order valence-electron chi connectivity index (χ1n) is 6.32.